The van der Waals surface area contributed by atoms with Crippen molar-refractivity contribution in [2.75, 3.05) is 7.11 Å². The molecule has 5 heteroatoms. The molecular weight excluding hydrogens is 358 g/mol. The maximum atomic E-state index is 12.4. The van der Waals surface area contributed by atoms with E-state index in [1.807, 2.05) is 66.7 Å². The Labute approximate surface area is 162 Å². The van der Waals surface area contributed by atoms with Gasteiger partial charge in [-0.2, -0.15) is 0 Å². The Morgan fingerprint density at radius 1 is 0.963 bits per heavy atom. The van der Waals surface area contributed by atoms with Crippen molar-refractivity contribution in [1.29, 1.82) is 0 Å². The summed E-state index contributed by atoms with van der Waals surface area (Å²) < 4.78 is 5.13. The first kappa shape index (κ1) is 18.9. The molecule has 27 heavy (non-hydrogen) atoms. The van der Waals surface area contributed by atoms with E-state index in [0.29, 0.717) is 29.8 Å². The lowest BCUT2D eigenvalue weighted by atomic mass is 10.1. The highest BCUT2D eigenvalue weighted by atomic mass is 32.1. The molecular formula is C22H21NO3S. The molecule has 0 radical (unpaired) electrons. The molecule has 3 aromatic rings. The van der Waals surface area contributed by atoms with Crippen molar-refractivity contribution >= 4 is 23.0 Å². The number of hydrogen-bond acceptors (Lipinski definition) is 4. The number of hydrogen-bond donors (Lipinski definition) is 1. The number of nitrogens with one attached hydrogen (secondary N) is 1. The van der Waals surface area contributed by atoms with E-state index in [1.54, 1.807) is 7.11 Å². The quantitative estimate of drug-likeness (QED) is 0.596. The van der Waals surface area contributed by atoms with Gasteiger partial charge in [-0.1, -0.05) is 42.5 Å². The zero-order valence-electron chi connectivity index (χ0n) is 15.1. The highest BCUT2D eigenvalue weighted by Gasteiger charge is 2.12. The predicted molar refractivity (Wildman–Crippen MR) is 107 cm³/mol. The summed E-state index contributed by atoms with van der Waals surface area (Å²) >= 11 is 1.42. The summed E-state index contributed by atoms with van der Waals surface area (Å²) in [4.78, 5) is 26.1. The van der Waals surface area contributed by atoms with E-state index in [4.69, 9.17) is 4.74 Å². The molecule has 0 saturated heterocycles. The van der Waals surface area contributed by atoms with Gasteiger partial charge in [0.15, 0.2) is 0 Å². The van der Waals surface area contributed by atoms with E-state index in [1.165, 1.54) is 11.3 Å². The first-order valence-electron chi connectivity index (χ1n) is 8.74. The zero-order chi connectivity index (χ0) is 19.1. The average Bonchev–Trinajstić information content (AvgIpc) is 3.20. The molecule has 0 aliphatic carbocycles. The maximum absolute atomic E-state index is 12.4. The summed E-state index contributed by atoms with van der Waals surface area (Å²) in [6, 6.07) is 20.6. The summed E-state index contributed by atoms with van der Waals surface area (Å²) in [7, 11) is 1.63. The van der Waals surface area contributed by atoms with Crippen molar-refractivity contribution < 1.29 is 14.3 Å². The molecule has 138 valence electrons. The van der Waals surface area contributed by atoms with Gasteiger partial charge in [0.25, 0.3) is 0 Å². The van der Waals surface area contributed by atoms with Crippen molar-refractivity contribution in [3.63, 3.8) is 0 Å². The second kappa shape index (κ2) is 9.14. The van der Waals surface area contributed by atoms with Crippen molar-refractivity contribution in [3.8, 4) is 5.75 Å². The number of methoxy groups -OCH3 is 1. The van der Waals surface area contributed by atoms with Gasteiger partial charge in [0.2, 0.25) is 11.7 Å². The summed E-state index contributed by atoms with van der Waals surface area (Å²) in [5.74, 6) is 0.814. The van der Waals surface area contributed by atoms with Gasteiger partial charge in [0.1, 0.15) is 5.75 Å². The number of ketones is 1. The van der Waals surface area contributed by atoms with Gasteiger partial charge in [-0.25, -0.2) is 0 Å². The second-order valence-electron chi connectivity index (χ2n) is 6.09. The molecule has 0 atom stereocenters. The third kappa shape index (κ3) is 5.28. The number of ether oxygens (including phenoxy) is 1. The Bertz CT molecular complexity index is 901. The van der Waals surface area contributed by atoms with Crippen LogP contribution < -0.4 is 10.1 Å². The first-order chi connectivity index (χ1) is 13.2. The summed E-state index contributed by atoms with van der Waals surface area (Å²) in [5.41, 5.74) is 1.77. The molecule has 4 nitrogen and oxygen atoms in total. The summed E-state index contributed by atoms with van der Waals surface area (Å²) in [5, 5.41) is 2.92. The Hall–Kier alpha value is -2.92. The van der Waals surface area contributed by atoms with Crippen LogP contribution in [0.3, 0.4) is 0 Å². The van der Waals surface area contributed by atoms with Gasteiger partial charge in [-0.15, -0.1) is 11.3 Å². The number of carbonyl (C=O) groups is 2. The molecule has 1 aromatic heterocycles. The number of rotatable bonds is 8. The van der Waals surface area contributed by atoms with Gasteiger partial charge in [-0.3, -0.25) is 9.59 Å². The standard InChI is InChI=1S/C22H21NO3S/c1-26-18-10-7-16(8-11-18)9-14-21(24)23-15-19-12-13-20(27-19)22(25)17-5-3-2-4-6-17/h2-8,10-13H,9,14-15H2,1H3,(H,23,24). The lowest BCUT2D eigenvalue weighted by Crippen LogP contribution is -2.22. The fourth-order valence-electron chi connectivity index (χ4n) is 2.65. The highest BCUT2D eigenvalue weighted by Crippen LogP contribution is 2.20. The van der Waals surface area contributed by atoms with Crippen LogP contribution in [0, 0.1) is 0 Å². The molecule has 0 aliphatic rings. The van der Waals surface area contributed by atoms with Crippen molar-refractivity contribution in [1.82, 2.24) is 5.32 Å². The fourth-order valence-corrected chi connectivity index (χ4v) is 3.56. The Balaban J connectivity index is 1.47. The molecule has 0 fully saturated rings. The lowest BCUT2D eigenvalue weighted by molar-refractivity contribution is -0.121. The van der Waals surface area contributed by atoms with Gasteiger partial charge in [-0.05, 0) is 36.2 Å². The minimum Gasteiger partial charge on any atom is -0.497 e. The van der Waals surface area contributed by atoms with Crippen LogP contribution in [0.4, 0.5) is 0 Å². The molecule has 1 N–H and O–H groups in total. The van der Waals surface area contributed by atoms with Crippen LogP contribution in [-0.4, -0.2) is 18.8 Å². The normalized spacial score (nSPS) is 10.4. The van der Waals surface area contributed by atoms with Crippen molar-refractivity contribution in [2.45, 2.75) is 19.4 Å². The van der Waals surface area contributed by atoms with Crippen LogP contribution >= 0.6 is 11.3 Å². The molecule has 0 aliphatic heterocycles. The fraction of sp³-hybridized carbons (Fsp3) is 0.182. The molecule has 0 unspecified atom stereocenters. The van der Waals surface area contributed by atoms with E-state index in [2.05, 4.69) is 5.32 Å². The maximum Gasteiger partial charge on any atom is 0.220 e. The number of benzene rings is 2. The van der Waals surface area contributed by atoms with E-state index < -0.39 is 0 Å². The average molecular weight is 379 g/mol. The highest BCUT2D eigenvalue weighted by molar-refractivity contribution is 7.14. The van der Waals surface area contributed by atoms with E-state index in [9.17, 15) is 9.59 Å². The second-order valence-corrected chi connectivity index (χ2v) is 7.25. The summed E-state index contributed by atoms with van der Waals surface area (Å²) in [6.07, 6.45) is 1.10. The van der Waals surface area contributed by atoms with Crippen molar-refractivity contribution in [2.24, 2.45) is 0 Å². The largest absolute Gasteiger partial charge is 0.497 e. The summed E-state index contributed by atoms with van der Waals surface area (Å²) in [6.45, 7) is 0.439. The number of amides is 1. The van der Waals surface area contributed by atoms with Crippen LogP contribution in [0.1, 0.15) is 32.1 Å². The number of carbonyl (C=O) groups excluding carboxylic acids is 2. The number of thiophene rings is 1. The monoisotopic (exact) mass is 379 g/mol. The van der Waals surface area contributed by atoms with E-state index in [0.717, 1.165) is 16.2 Å². The molecule has 0 spiro atoms. The van der Waals surface area contributed by atoms with Gasteiger partial charge >= 0.3 is 0 Å². The molecule has 3 rings (SSSR count). The predicted octanol–water partition coefficient (Wildman–Crippen LogP) is 4.24. The Kier molecular flexibility index (Phi) is 6.39. The molecule has 0 saturated carbocycles. The lowest BCUT2D eigenvalue weighted by Gasteiger charge is -2.05. The minimum atomic E-state index is -0.00449. The van der Waals surface area contributed by atoms with Crippen molar-refractivity contribution in [3.05, 3.63) is 87.6 Å². The van der Waals surface area contributed by atoms with Gasteiger partial charge in [0, 0.05) is 16.9 Å². The first-order valence-corrected chi connectivity index (χ1v) is 9.55. The van der Waals surface area contributed by atoms with Crippen LogP contribution in [0.2, 0.25) is 0 Å². The minimum absolute atomic E-state index is 0.00449. The third-order valence-corrected chi connectivity index (χ3v) is 5.27. The Morgan fingerprint density at radius 2 is 1.70 bits per heavy atom. The molecule has 1 heterocycles. The van der Waals surface area contributed by atoms with Gasteiger partial charge in [0.05, 0.1) is 18.5 Å². The zero-order valence-corrected chi connectivity index (χ0v) is 15.9. The van der Waals surface area contributed by atoms with Gasteiger partial charge < -0.3 is 10.1 Å². The van der Waals surface area contributed by atoms with Crippen LogP contribution in [0.15, 0.2) is 66.7 Å². The van der Waals surface area contributed by atoms with E-state index >= 15 is 0 Å². The van der Waals surface area contributed by atoms with Crippen LogP contribution in [0.5, 0.6) is 5.75 Å². The molecule has 1 amide bonds. The van der Waals surface area contributed by atoms with E-state index in [-0.39, 0.29) is 11.7 Å². The Morgan fingerprint density at radius 3 is 2.41 bits per heavy atom. The van der Waals surface area contributed by atoms with Crippen LogP contribution in [-0.2, 0) is 17.8 Å². The SMILES string of the molecule is COc1ccc(CCC(=O)NCc2ccc(C(=O)c3ccccc3)s2)cc1. The number of aryl methyl sites for hydroxylation is 1. The molecule has 0 bridgehead atoms. The topological polar surface area (TPSA) is 55.4 Å². The third-order valence-electron chi connectivity index (χ3n) is 4.18. The molecule has 2 aromatic carbocycles. The smallest absolute Gasteiger partial charge is 0.220 e. The van der Waals surface area contributed by atoms with Crippen LogP contribution in [0.25, 0.3) is 0 Å².